The molecule has 4 heteroatoms. The Balaban J connectivity index is 1.79. The van der Waals surface area contributed by atoms with Gasteiger partial charge >= 0.3 is 5.97 Å². The molecule has 0 bridgehead atoms. The van der Waals surface area contributed by atoms with Gasteiger partial charge in [0.15, 0.2) is 0 Å². The molecule has 4 nitrogen and oxygen atoms in total. The number of nitrogens with one attached hydrogen (secondary N) is 1. The average Bonchev–Trinajstić information content (AvgIpc) is 2.53. The van der Waals surface area contributed by atoms with Gasteiger partial charge in [-0.1, -0.05) is 42.0 Å². The van der Waals surface area contributed by atoms with E-state index in [4.69, 9.17) is 4.84 Å². The highest BCUT2D eigenvalue weighted by atomic mass is 16.7. The van der Waals surface area contributed by atoms with Crippen molar-refractivity contribution in [2.75, 3.05) is 5.48 Å². The van der Waals surface area contributed by atoms with Crippen LogP contribution in [-0.2, 0) is 4.84 Å². The van der Waals surface area contributed by atoms with Crippen LogP contribution in [0.5, 0.6) is 5.75 Å². The van der Waals surface area contributed by atoms with Crippen molar-refractivity contribution in [1.29, 1.82) is 0 Å². The van der Waals surface area contributed by atoms with Gasteiger partial charge in [0.25, 0.3) is 0 Å². The van der Waals surface area contributed by atoms with E-state index in [0.717, 1.165) is 16.3 Å². The fourth-order valence-electron chi connectivity index (χ4n) is 2.17. The summed E-state index contributed by atoms with van der Waals surface area (Å²) in [4.78, 5) is 17.1. The van der Waals surface area contributed by atoms with E-state index in [2.05, 4.69) is 5.48 Å². The summed E-state index contributed by atoms with van der Waals surface area (Å²) in [5.41, 5.74) is 4.49. The van der Waals surface area contributed by atoms with Gasteiger partial charge in [-0.15, -0.1) is 0 Å². The number of anilines is 1. The van der Waals surface area contributed by atoms with Crippen LogP contribution in [0, 0.1) is 6.92 Å². The van der Waals surface area contributed by atoms with Crippen LogP contribution in [0.2, 0.25) is 0 Å². The molecule has 0 spiro atoms. The van der Waals surface area contributed by atoms with E-state index in [0.29, 0.717) is 5.69 Å². The lowest BCUT2D eigenvalue weighted by molar-refractivity contribution is 0.0593. The van der Waals surface area contributed by atoms with Gasteiger partial charge in [-0.25, -0.2) is 10.3 Å². The van der Waals surface area contributed by atoms with Crippen molar-refractivity contribution in [3.05, 3.63) is 71.8 Å². The van der Waals surface area contributed by atoms with Gasteiger partial charge in [0, 0.05) is 0 Å². The predicted molar refractivity (Wildman–Crippen MR) is 85.8 cm³/mol. The average molecular weight is 293 g/mol. The fourth-order valence-corrected chi connectivity index (χ4v) is 2.17. The van der Waals surface area contributed by atoms with Gasteiger partial charge in [-0.3, -0.25) is 0 Å². The lowest BCUT2D eigenvalue weighted by Crippen LogP contribution is -2.11. The molecule has 0 unspecified atom stereocenters. The molecule has 3 aromatic rings. The number of aromatic hydroxyl groups is 1. The molecule has 0 atom stereocenters. The summed E-state index contributed by atoms with van der Waals surface area (Å²) >= 11 is 0. The van der Waals surface area contributed by atoms with Crippen molar-refractivity contribution in [3.8, 4) is 5.75 Å². The Bertz CT molecular complexity index is 825. The van der Waals surface area contributed by atoms with Crippen LogP contribution in [0.25, 0.3) is 10.8 Å². The van der Waals surface area contributed by atoms with Crippen LogP contribution in [0.1, 0.15) is 15.9 Å². The maximum Gasteiger partial charge on any atom is 0.366 e. The van der Waals surface area contributed by atoms with Crippen LogP contribution >= 0.6 is 0 Å². The van der Waals surface area contributed by atoms with Crippen LogP contribution in [0.15, 0.2) is 60.7 Å². The summed E-state index contributed by atoms with van der Waals surface area (Å²) in [5, 5.41) is 11.7. The van der Waals surface area contributed by atoms with Gasteiger partial charge in [0.05, 0.1) is 5.69 Å². The number of aryl methyl sites for hydroxylation is 1. The highest BCUT2D eigenvalue weighted by Gasteiger charge is 2.14. The monoisotopic (exact) mass is 293 g/mol. The highest BCUT2D eigenvalue weighted by Crippen LogP contribution is 2.25. The minimum Gasteiger partial charge on any atom is -0.507 e. The SMILES string of the molecule is Cc1ccc(NOC(=O)c2cc3ccccc3cc2O)cc1. The first-order chi connectivity index (χ1) is 10.6. The molecule has 0 fully saturated rings. The van der Waals surface area contributed by atoms with E-state index in [-0.39, 0.29) is 11.3 Å². The van der Waals surface area contributed by atoms with Crippen molar-refractivity contribution in [1.82, 2.24) is 0 Å². The van der Waals surface area contributed by atoms with Crippen LogP contribution in [-0.4, -0.2) is 11.1 Å². The zero-order valence-electron chi connectivity index (χ0n) is 12.0. The summed E-state index contributed by atoms with van der Waals surface area (Å²) in [6.07, 6.45) is 0. The molecular formula is C18H15NO3. The third kappa shape index (κ3) is 2.86. The van der Waals surface area contributed by atoms with E-state index in [1.807, 2.05) is 55.5 Å². The molecule has 2 N–H and O–H groups in total. The topological polar surface area (TPSA) is 58.6 Å². The van der Waals surface area contributed by atoms with E-state index < -0.39 is 5.97 Å². The molecule has 3 rings (SSSR count). The zero-order valence-corrected chi connectivity index (χ0v) is 12.0. The molecule has 3 aromatic carbocycles. The fraction of sp³-hybridized carbons (Fsp3) is 0.0556. The quantitative estimate of drug-likeness (QED) is 0.716. The zero-order chi connectivity index (χ0) is 15.5. The first-order valence-electron chi connectivity index (χ1n) is 6.89. The second-order valence-corrected chi connectivity index (χ2v) is 5.07. The second kappa shape index (κ2) is 5.77. The number of hydrogen-bond donors (Lipinski definition) is 2. The number of hydrogen-bond acceptors (Lipinski definition) is 4. The molecular weight excluding hydrogens is 278 g/mol. The van der Waals surface area contributed by atoms with E-state index in [1.165, 1.54) is 0 Å². The maximum atomic E-state index is 12.1. The molecule has 0 amide bonds. The first-order valence-corrected chi connectivity index (χ1v) is 6.89. The lowest BCUT2D eigenvalue weighted by Gasteiger charge is -2.09. The molecule has 0 saturated carbocycles. The molecule has 0 aliphatic carbocycles. The Morgan fingerprint density at radius 3 is 2.32 bits per heavy atom. The Kier molecular flexibility index (Phi) is 3.66. The Hall–Kier alpha value is -3.01. The summed E-state index contributed by atoms with van der Waals surface area (Å²) < 4.78 is 0. The molecule has 0 aliphatic heterocycles. The third-order valence-electron chi connectivity index (χ3n) is 3.40. The van der Waals surface area contributed by atoms with Crippen molar-refractivity contribution in [2.45, 2.75) is 6.92 Å². The molecule has 0 aliphatic rings. The van der Waals surface area contributed by atoms with Crippen molar-refractivity contribution < 1.29 is 14.7 Å². The molecule has 0 saturated heterocycles. The van der Waals surface area contributed by atoms with Gasteiger partial charge in [0.2, 0.25) is 0 Å². The minimum atomic E-state index is -0.635. The van der Waals surface area contributed by atoms with Gasteiger partial charge in [0.1, 0.15) is 11.3 Å². The van der Waals surface area contributed by atoms with Crippen LogP contribution < -0.4 is 5.48 Å². The van der Waals surface area contributed by atoms with E-state index >= 15 is 0 Å². The predicted octanol–water partition coefficient (Wildman–Crippen LogP) is 4.04. The number of fused-ring (bicyclic) bond motifs is 1. The second-order valence-electron chi connectivity index (χ2n) is 5.07. The van der Waals surface area contributed by atoms with E-state index in [9.17, 15) is 9.90 Å². The van der Waals surface area contributed by atoms with Crippen LogP contribution in [0.3, 0.4) is 0 Å². The summed E-state index contributed by atoms with van der Waals surface area (Å²) in [5.74, 6) is -0.738. The summed E-state index contributed by atoms with van der Waals surface area (Å²) in [6, 6.07) is 18.1. The molecule has 0 heterocycles. The van der Waals surface area contributed by atoms with Crippen molar-refractivity contribution in [2.24, 2.45) is 0 Å². The van der Waals surface area contributed by atoms with Gasteiger partial charge in [-0.2, -0.15) is 0 Å². The van der Waals surface area contributed by atoms with Crippen molar-refractivity contribution >= 4 is 22.4 Å². The number of phenols is 1. The smallest absolute Gasteiger partial charge is 0.366 e. The number of rotatable bonds is 3. The summed E-state index contributed by atoms with van der Waals surface area (Å²) in [6.45, 7) is 1.98. The normalized spacial score (nSPS) is 10.4. The van der Waals surface area contributed by atoms with Gasteiger partial charge in [-0.05, 0) is 42.0 Å². The minimum absolute atomic E-state index is 0.102. The van der Waals surface area contributed by atoms with Gasteiger partial charge < -0.3 is 9.94 Å². The van der Waals surface area contributed by atoms with Crippen molar-refractivity contribution in [3.63, 3.8) is 0 Å². The Morgan fingerprint density at radius 1 is 1.00 bits per heavy atom. The van der Waals surface area contributed by atoms with E-state index in [1.54, 1.807) is 12.1 Å². The molecule has 110 valence electrons. The number of benzene rings is 3. The Labute approximate surface area is 127 Å². The number of carbonyl (C=O) groups excluding carboxylic acids is 1. The maximum absolute atomic E-state index is 12.1. The molecule has 22 heavy (non-hydrogen) atoms. The Morgan fingerprint density at radius 2 is 1.64 bits per heavy atom. The first kappa shape index (κ1) is 13.9. The third-order valence-corrected chi connectivity index (χ3v) is 3.40. The van der Waals surface area contributed by atoms with Crippen LogP contribution in [0.4, 0.5) is 5.69 Å². The molecule has 0 radical (unpaired) electrons. The number of phenolic OH excluding ortho intramolecular Hbond substituents is 1. The standard InChI is InChI=1S/C18H15NO3/c1-12-6-8-15(9-7-12)19-22-18(21)16-10-13-4-2-3-5-14(13)11-17(16)20/h2-11,19-20H,1H3. The lowest BCUT2D eigenvalue weighted by atomic mass is 10.1. The largest absolute Gasteiger partial charge is 0.507 e. The number of carbonyl (C=O) groups is 1. The highest BCUT2D eigenvalue weighted by molar-refractivity contribution is 5.98. The molecule has 0 aromatic heterocycles. The summed E-state index contributed by atoms with van der Waals surface area (Å²) in [7, 11) is 0.